The average molecular weight is 333 g/mol. The topological polar surface area (TPSA) is 110 Å². The number of nitrogens with zero attached hydrogens (tertiary/aromatic N) is 1. The maximum absolute atomic E-state index is 12.7. The highest BCUT2D eigenvalue weighted by Gasteiger charge is 2.29. The highest BCUT2D eigenvalue weighted by molar-refractivity contribution is 7.91. The highest BCUT2D eigenvalue weighted by atomic mass is 32.2. The van der Waals surface area contributed by atoms with Crippen LogP contribution < -0.4 is 11.3 Å². The van der Waals surface area contributed by atoms with E-state index in [0.717, 1.165) is 31.6 Å². The van der Waals surface area contributed by atoms with Gasteiger partial charge < -0.3 is 5.43 Å². The second-order valence-corrected chi connectivity index (χ2v) is 8.96. The summed E-state index contributed by atoms with van der Waals surface area (Å²) in [6.07, 6.45) is 3.64. The van der Waals surface area contributed by atoms with Gasteiger partial charge in [-0.15, -0.1) is 0 Å². The molecule has 7 nitrogen and oxygen atoms in total. The van der Waals surface area contributed by atoms with E-state index in [1.165, 1.54) is 16.4 Å². The minimum atomic E-state index is -3.76. The molecule has 0 bridgehead atoms. The third-order valence-corrected chi connectivity index (χ3v) is 6.52. The van der Waals surface area contributed by atoms with Gasteiger partial charge in [-0.25, -0.2) is 16.8 Å². The first kappa shape index (κ1) is 16.2. The van der Waals surface area contributed by atoms with Gasteiger partial charge in [0.2, 0.25) is 10.0 Å². The molecule has 0 saturated carbocycles. The van der Waals surface area contributed by atoms with Crippen LogP contribution >= 0.6 is 0 Å². The second-order valence-electron chi connectivity index (χ2n) is 5.04. The summed E-state index contributed by atoms with van der Waals surface area (Å²) < 4.78 is 50.0. The molecule has 1 fully saturated rings. The number of sulfone groups is 1. The van der Waals surface area contributed by atoms with Crippen molar-refractivity contribution in [2.45, 2.75) is 29.1 Å². The molecule has 1 saturated heterocycles. The van der Waals surface area contributed by atoms with Crippen molar-refractivity contribution in [1.82, 2.24) is 4.31 Å². The van der Waals surface area contributed by atoms with Gasteiger partial charge in [0, 0.05) is 19.3 Å². The summed E-state index contributed by atoms with van der Waals surface area (Å²) in [6.45, 7) is 0.880. The lowest BCUT2D eigenvalue weighted by Gasteiger charge is -2.26. The van der Waals surface area contributed by atoms with Crippen LogP contribution in [0.1, 0.15) is 19.3 Å². The summed E-state index contributed by atoms with van der Waals surface area (Å²) in [6, 6.07) is 3.86. The number of hydrogen-bond acceptors (Lipinski definition) is 6. The number of piperidine rings is 1. The Morgan fingerprint density at radius 1 is 1.10 bits per heavy atom. The van der Waals surface area contributed by atoms with E-state index in [1.807, 2.05) is 0 Å². The molecule has 1 heterocycles. The van der Waals surface area contributed by atoms with Gasteiger partial charge in [-0.3, -0.25) is 5.84 Å². The lowest BCUT2D eigenvalue weighted by atomic mass is 10.2. The predicted octanol–water partition coefficient (Wildman–Crippen LogP) is 0.550. The quantitative estimate of drug-likeness (QED) is 0.615. The maximum atomic E-state index is 12.7. The Morgan fingerprint density at radius 2 is 1.71 bits per heavy atom. The number of nitrogens with two attached hydrogens (primary N) is 1. The lowest BCUT2D eigenvalue weighted by molar-refractivity contribution is 0.346. The van der Waals surface area contributed by atoms with Gasteiger partial charge in [-0.1, -0.05) is 6.42 Å². The molecule has 0 atom stereocenters. The molecule has 0 aromatic heterocycles. The SMILES string of the molecule is CS(=O)(=O)c1ccc(NN)c(S(=O)(=O)N2CCCCC2)c1. The van der Waals surface area contributed by atoms with Crippen LogP contribution in [-0.2, 0) is 19.9 Å². The molecule has 0 radical (unpaired) electrons. The van der Waals surface area contributed by atoms with Crippen molar-refractivity contribution in [1.29, 1.82) is 0 Å². The summed E-state index contributed by atoms with van der Waals surface area (Å²) in [5.74, 6) is 5.35. The van der Waals surface area contributed by atoms with E-state index in [1.54, 1.807) is 0 Å². The molecule has 3 N–H and O–H groups in total. The van der Waals surface area contributed by atoms with Crippen molar-refractivity contribution in [3.05, 3.63) is 18.2 Å². The lowest BCUT2D eigenvalue weighted by Crippen LogP contribution is -2.36. The van der Waals surface area contributed by atoms with Gasteiger partial charge in [-0.05, 0) is 31.0 Å². The van der Waals surface area contributed by atoms with Crippen molar-refractivity contribution in [3.8, 4) is 0 Å². The molecule has 0 spiro atoms. The molecule has 0 aliphatic carbocycles. The monoisotopic (exact) mass is 333 g/mol. The highest BCUT2D eigenvalue weighted by Crippen LogP contribution is 2.28. The zero-order chi connectivity index (χ0) is 15.7. The average Bonchev–Trinajstić information content (AvgIpc) is 2.46. The number of nitrogens with one attached hydrogen (secondary N) is 1. The molecule has 21 heavy (non-hydrogen) atoms. The summed E-state index contributed by atoms with van der Waals surface area (Å²) in [5, 5.41) is 0. The summed E-state index contributed by atoms with van der Waals surface area (Å²) >= 11 is 0. The van der Waals surface area contributed by atoms with Gasteiger partial charge in [0.25, 0.3) is 0 Å². The van der Waals surface area contributed by atoms with Gasteiger partial charge >= 0.3 is 0 Å². The van der Waals surface area contributed by atoms with Crippen LogP contribution in [0.5, 0.6) is 0 Å². The molecular weight excluding hydrogens is 314 g/mol. The van der Waals surface area contributed by atoms with Crippen LogP contribution in [0, 0.1) is 0 Å². The minimum absolute atomic E-state index is 0.0444. The molecule has 0 amide bonds. The molecule has 2 rings (SSSR count). The molecule has 118 valence electrons. The molecule has 1 aliphatic rings. The first-order chi connectivity index (χ1) is 9.76. The number of hydrazine groups is 1. The van der Waals surface area contributed by atoms with Crippen molar-refractivity contribution < 1.29 is 16.8 Å². The number of rotatable bonds is 4. The molecular formula is C12H19N3O4S2. The van der Waals surface area contributed by atoms with E-state index in [2.05, 4.69) is 5.43 Å². The molecule has 0 unspecified atom stereocenters. The third-order valence-electron chi connectivity index (χ3n) is 3.47. The zero-order valence-corrected chi connectivity index (χ0v) is 13.4. The van der Waals surface area contributed by atoms with Crippen LogP contribution in [0.25, 0.3) is 0 Å². The predicted molar refractivity (Wildman–Crippen MR) is 80.0 cm³/mol. The van der Waals surface area contributed by atoms with E-state index in [-0.39, 0.29) is 15.5 Å². The number of anilines is 1. The summed E-state index contributed by atoms with van der Waals surface area (Å²) in [5.41, 5.74) is 2.51. The summed E-state index contributed by atoms with van der Waals surface area (Å²) in [7, 11) is -7.25. The minimum Gasteiger partial charge on any atom is -0.323 e. The molecule has 1 aromatic rings. The molecule has 9 heteroatoms. The maximum Gasteiger partial charge on any atom is 0.245 e. The second kappa shape index (κ2) is 5.91. The van der Waals surface area contributed by atoms with Crippen LogP contribution in [0.15, 0.2) is 28.0 Å². The van der Waals surface area contributed by atoms with Crippen molar-refractivity contribution in [2.75, 3.05) is 24.8 Å². The van der Waals surface area contributed by atoms with Gasteiger partial charge in [-0.2, -0.15) is 4.31 Å². The van der Waals surface area contributed by atoms with E-state index in [0.29, 0.717) is 13.1 Å². The Morgan fingerprint density at radius 3 is 2.24 bits per heavy atom. The first-order valence-corrected chi connectivity index (χ1v) is 9.91. The Hall–Kier alpha value is -1.16. The number of sulfonamides is 1. The normalized spacial score (nSPS) is 17.6. The molecule has 1 aromatic carbocycles. The van der Waals surface area contributed by atoms with E-state index in [9.17, 15) is 16.8 Å². The van der Waals surface area contributed by atoms with E-state index < -0.39 is 19.9 Å². The van der Waals surface area contributed by atoms with Gasteiger partial charge in [0.1, 0.15) is 4.90 Å². The van der Waals surface area contributed by atoms with E-state index >= 15 is 0 Å². The fourth-order valence-electron chi connectivity index (χ4n) is 2.31. The van der Waals surface area contributed by atoms with Crippen LogP contribution in [0.4, 0.5) is 5.69 Å². The smallest absolute Gasteiger partial charge is 0.245 e. The molecule has 1 aliphatic heterocycles. The van der Waals surface area contributed by atoms with Crippen LogP contribution in [0.3, 0.4) is 0 Å². The number of hydrogen-bond donors (Lipinski definition) is 2. The largest absolute Gasteiger partial charge is 0.323 e. The standard InChI is InChI=1S/C12H19N3O4S2/c1-20(16,17)10-5-6-11(14-13)12(9-10)21(18,19)15-7-3-2-4-8-15/h5-6,9,14H,2-4,7-8,13H2,1H3. The van der Waals surface area contributed by atoms with Crippen molar-refractivity contribution in [3.63, 3.8) is 0 Å². The fraction of sp³-hybridized carbons (Fsp3) is 0.500. The van der Waals surface area contributed by atoms with Crippen LogP contribution in [-0.4, -0.2) is 40.5 Å². The summed E-state index contributed by atoms with van der Waals surface area (Å²) in [4.78, 5) is -0.146. The first-order valence-electron chi connectivity index (χ1n) is 6.57. The Bertz CT molecular complexity index is 723. The van der Waals surface area contributed by atoms with Crippen LogP contribution in [0.2, 0.25) is 0 Å². The Balaban J connectivity index is 2.54. The third kappa shape index (κ3) is 3.37. The Labute approximate surface area is 125 Å². The Kier molecular flexibility index (Phi) is 4.57. The number of nitrogen functional groups attached to an aromatic ring is 1. The van der Waals surface area contributed by atoms with Crippen molar-refractivity contribution in [2.24, 2.45) is 5.84 Å². The van der Waals surface area contributed by atoms with Gasteiger partial charge in [0.05, 0.1) is 10.6 Å². The fourth-order valence-corrected chi connectivity index (χ4v) is 4.73. The van der Waals surface area contributed by atoms with Crippen molar-refractivity contribution >= 4 is 25.5 Å². The zero-order valence-electron chi connectivity index (χ0n) is 11.7. The van der Waals surface area contributed by atoms with E-state index in [4.69, 9.17) is 5.84 Å². The number of benzene rings is 1. The van der Waals surface area contributed by atoms with Gasteiger partial charge in [0.15, 0.2) is 9.84 Å².